The largest absolute Gasteiger partial charge is 0.372 e. The molecule has 0 N–H and O–H groups in total. The summed E-state index contributed by atoms with van der Waals surface area (Å²) in [6.45, 7) is 11.1. The molecule has 2 aliphatic heterocycles. The first-order valence-corrected chi connectivity index (χ1v) is 14.1. The van der Waals surface area contributed by atoms with Crippen LogP contribution in [0.15, 0.2) is 0 Å². The summed E-state index contributed by atoms with van der Waals surface area (Å²) in [5.74, 6) is 1.41. The van der Waals surface area contributed by atoms with E-state index >= 15 is 0 Å². The Kier molecular flexibility index (Phi) is 13.7. The molecule has 2 rings (SSSR count). The van der Waals surface area contributed by atoms with E-state index in [-0.39, 0.29) is 0 Å². The zero-order valence-corrected chi connectivity index (χ0v) is 21.0. The van der Waals surface area contributed by atoms with Gasteiger partial charge in [-0.1, -0.05) is 91.9 Å². The van der Waals surface area contributed by atoms with Gasteiger partial charge in [-0.25, -0.2) is 3.63 Å². The Morgan fingerprint density at radius 1 is 0.690 bits per heavy atom. The normalized spacial score (nSPS) is 24.8. The van der Waals surface area contributed by atoms with Gasteiger partial charge in [-0.3, -0.25) is 0 Å². The molecule has 2 fully saturated rings. The summed E-state index contributed by atoms with van der Waals surface area (Å²) in [5.41, 5.74) is 0. The van der Waals surface area contributed by atoms with Crippen LogP contribution >= 0.6 is 24.1 Å². The highest BCUT2D eigenvalue weighted by Crippen LogP contribution is 2.42. The fourth-order valence-electron chi connectivity index (χ4n) is 4.36. The predicted octanol–water partition coefficient (Wildman–Crippen LogP) is 7.83. The molecule has 0 aromatic heterocycles. The number of rotatable bonds is 20. The summed E-state index contributed by atoms with van der Waals surface area (Å²) in [6, 6.07) is 0. The van der Waals surface area contributed by atoms with E-state index in [0.29, 0.717) is 34.5 Å². The molecule has 6 unspecified atom stereocenters. The van der Waals surface area contributed by atoms with Crippen LogP contribution in [0.25, 0.3) is 0 Å². The third kappa shape index (κ3) is 10.2. The van der Waals surface area contributed by atoms with Crippen molar-refractivity contribution >= 4 is 24.1 Å². The number of hydrogen-bond acceptors (Lipinski definition) is 5. The summed E-state index contributed by atoms with van der Waals surface area (Å²) in [7, 11) is 0. The summed E-state index contributed by atoms with van der Waals surface area (Å²) < 4.78 is 17.7. The summed E-state index contributed by atoms with van der Waals surface area (Å²) in [5, 5.41) is 0.971. The van der Waals surface area contributed by atoms with Crippen LogP contribution in [0.4, 0.5) is 0 Å². The van der Waals surface area contributed by atoms with Gasteiger partial charge in [-0.15, -0.1) is 0 Å². The van der Waals surface area contributed by atoms with Crippen LogP contribution in [-0.2, 0) is 13.1 Å². The van der Waals surface area contributed by atoms with Gasteiger partial charge in [0.2, 0.25) is 0 Å². The molecule has 3 nitrogen and oxygen atoms in total. The molecule has 0 aromatic rings. The molecule has 0 saturated carbocycles. The van der Waals surface area contributed by atoms with Crippen molar-refractivity contribution in [1.82, 2.24) is 0 Å². The highest BCUT2D eigenvalue weighted by atomic mass is 32.2. The summed E-state index contributed by atoms with van der Waals surface area (Å²) in [4.78, 5) is 0. The molecule has 5 heteroatoms. The zero-order valence-electron chi connectivity index (χ0n) is 19.4. The van der Waals surface area contributed by atoms with Gasteiger partial charge < -0.3 is 9.47 Å². The average Bonchev–Trinajstić information content (AvgIpc) is 3.64. The molecule has 0 amide bonds. The first-order valence-electron chi connectivity index (χ1n) is 12.5. The van der Waals surface area contributed by atoms with E-state index in [4.69, 9.17) is 13.1 Å². The van der Waals surface area contributed by atoms with Gasteiger partial charge in [0.25, 0.3) is 0 Å². The van der Waals surface area contributed by atoms with Gasteiger partial charge in [0.1, 0.15) is 0 Å². The van der Waals surface area contributed by atoms with Crippen LogP contribution in [0.5, 0.6) is 0 Å². The first-order chi connectivity index (χ1) is 14.2. The molecule has 6 atom stereocenters. The minimum absolute atomic E-state index is 0.406. The Hall–Kier alpha value is 0.580. The molecular weight excluding hydrogens is 400 g/mol. The number of unbranched alkanes of at least 4 members (excludes halogenated alkanes) is 6. The standard InChI is InChI=1S/C24H46O3S2/c1-5-9-11-13-15-19(7-3)23(21-17-25-21)28-27-29-24(22-18-26-22)20(8-4)16-14-12-10-6-2/h19-24H,5-18H2,1-4H3. The topological polar surface area (TPSA) is 34.3 Å². The molecule has 0 bridgehead atoms. The van der Waals surface area contributed by atoms with E-state index < -0.39 is 0 Å². The van der Waals surface area contributed by atoms with Crippen molar-refractivity contribution in [2.75, 3.05) is 13.2 Å². The maximum Gasteiger partial charge on any atom is 0.0953 e. The molecule has 0 aromatic carbocycles. The van der Waals surface area contributed by atoms with Crippen molar-refractivity contribution in [3.63, 3.8) is 0 Å². The molecule has 29 heavy (non-hydrogen) atoms. The van der Waals surface area contributed by atoms with Gasteiger partial charge >= 0.3 is 0 Å². The van der Waals surface area contributed by atoms with Crippen molar-refractivity contribution in [3.8, 4) is 0 Å². The lowest BCUT2D eigenvalue weighted by molar-refractivity contribution is 0.331. The third-order valence-electron chi connectivity index (χ3n) is 6.59. The van der Waals surface area contributed by atoms with E-state index in [0.717, 1.165) is 13.2 Å². The molecule has 2 heterocycles. The van der Waals surface area contributed by atoms with Crippen molar-refractivity contribution in [2.24, 2.45) is 11.8 Å². The molecule has 0 aliphatic carbocycles. The lowest BCUT2D eigenvalue weighted by Gasteiger charge is -2.26. The van der Waals surface area contributed by atoms with Crippen LogP contribution < -0.4 is 0 Å². The first kappa shape index (κ1) is 25.8. The van der Waals surface area contributed by atoms with Crippen molar-refractivity contribution in [3.05, 3.63) is 0 Å². The molecule has 172 valence electrons. The van der Waals surface area contributed by atoms with Crippen LogP contribution in [0.1, 0.15) is 105 Å². The van der Waals surface area contributed by atoms with Crippen molar-refractivity contribution < 1.29 is 13.1 Å². The Morgan fingerprint density at radius 2 is 1.10 bits per heavy atom. The van der Waals surface area contributed by atoms with E-state index in [1.54, 1.807) is 24.1 Å². The zero-order chi connectivity index (χ0) is 20.9. The second-order valence-corrected chi connectivity index (χ2v) is 11.0. The maximum absolute atomic E-state index is 6.25. The summed E-state index contributed by atoms with van der Waals surface area (Å²) in [6.07, 6.45) is 16.6. The van der Waals surface area contributed by atoms with E-state index in [2.05, 4.69) is 27.7 Å². The van der Waals surface area contributed by atoms with Crippen LogP contribution in [-0.4, -0.2) is 35.9 Å². The Labute approximate surface area is 189 Å². The summed E-state index contributed by atoms with van der Waals surface area (Å²) >= 11 is 3.41. The maximum atomic E-state index is 6.25. The molecule has 2 saturated heterocycles. The second-order valence-electron chi connectivity index (χ2n) is 8.97. The number of ether oxygens (including phenoxy) is 2. The van der Waals surface area contributed by atoms with Gasteiger partial charge in [0.15, 0.2) is 0 Å². The number of epoxide rings is 2. The van der Waals surface area contributed by atoms with Gasteiger partial charge in [0, 0.05) is 24.1 Å². The van der Waals surface area contributed by atoms with Crippen LogP contribution in [0.3, 0.4) is 0 Å². The average molecular weight is 447 g/mol. The van der Waals surface area contributed by atoms with Gasteiger partial charge in [-0.2, -0.15) is 0 Å². The lowest BCUT2D eigenvalue weighted by Crippen LogP contribution is -2.25. The molecular formula is C24H46O3S2. The van der Waals surface area contributed by atoms with E-state index in [1.807, 2.05) is 0 Å². The highest BCUT2D eigenvalue weighted by Gasteiger charge is 2.41. The quantitative estimate of drug-likeness (QED) is 0.108. The van der Waals surface area contributed by atoms with E-state index in [9.17, 15) is 0 Å². The fraction of sp³-hybridized carbons (Fsp3) is 1.00. The van der Waals surface area contributed by atoms with Crippen molar-refractivity contribution in [2.45, 2.75) is 127 Å². The smallest absolute Gasteiger partial charge is 0.0953 e. The third-order valence-corrected chi connectivity index (χ3v) is 9.04. The van der Waals surface area contributed by atoms with Gasteiger partial charge in [0.05, 0.1) is 35.9 Å². The monoisotopic (exact) mass is 446 g/mol. The fourth-order valence-corrected chi connectivity index (χ4v) is 6.80. The Balaban J connectivity index is 1.77. The van der Waals surface area contributed by atoms with Crippen LogP contribution in [0.2, 0.25) is 0 Å². The lowest BCUT2D eigenvalue weighted by atomic mass is 9.93. The predicted molar refractivity (Wildman–Crippen MR) is 128 cm³/mol. The SMILES string of the molecule is CCCCCCC(CC)C(SOSC(C(CC)CCCCCC)C1CO1)C1CO1. The molecule has 0 spiro atoms. The molecule has 0 radical (unpaired) electrons. The van der Waals surface area contributed by atoms with Crippen LogP contribution in [0, 0.1) is 11.8 Å². The number of hydrogen-bond donors (Lipinski definition) is 0. The Bertz CT molecular complexity index is 366. The van der Waals surface area contributed by atoms with Gasteiger partial charge in [-0.05, 0) is 24.7 Å². The van der Waals surface area contributed by atoms with E-state index in [1.165, 1.54) is 77.0 Å². The Morgan fingerprint density at radius 3 is 1.41 bits per heavy atom. The minimum Gasteiger partial charge on any atom is -0.372 e. The second kappa shape index (κ2) is 15.4. The minimum atomic E-state index is 0.406. The molecule has 2 aliphatic rings. The highest BCUT2D eigenvalue weighted by molar-refractivity contribution is 8.08. The van der Waals surface area contributed by atoms with Crippen molar-refractivity contribution in [1.29, 1.82) is 0 Å².